The number of benzene rings is 1. The van der Waals surface area contributed by atoms with E-state index in [0.29, 0.717) is 28.7 Å². The van der Waals surface area contributed by atoms with Crippen molar-refractivity contribution in [3.8, 4) is 0 Å². The normalized spacial score (nSPS) is 12.1. The summed E-state index contributed by atoms with van der Waals surface area (Å²) >= 11 is 0. The Bertz CT molecular complexity index is 1110. The molecule has 0 saturated carbocycles. The van der Waals surface area contributed by atoms with Gasteiger partial charge in [-0.25, -0.2) is 13.4 Å². The monoisotopic (exact) mass is 409 g/mol. The summed E-state index contributed by atoms with van der Waals surface area (Å²) in [4.78, 5) is 19.9. The lowest BCUT2D eigenvalue weighted by Crippen LogP contribution is -2.29. The van der Waals surface area contributed by atoms with Crippen LogP contribution in [-0.4, -0.2) is 36.6 Å². The second-order valence-electron chi connectivity index (χ2n) is 5.83. The van der Waals surface area contributed by atoms with Crippen molar-refractivity contribution in [2.75, 3.05) is 12.3 Å². The largest absolute Gasteiger partial charge is 0.417 e. The van der Waals surface area contributed by atoms with Crippen LogP contribution in [0.1, 0.15) is 15.9 Å². The second kappa shape index (κ2) is 7.55. The summed E-state index contributed by atoms with van der Waals surface area (Å²) in [6, 6.07) is 9.85. The molecule has 1 N–H and O–H groups in total. The molecule has 6 nitrogen and oxygen atoms in total. The highest BCUT2D eigenvalue weighted by Gasteiger charge is 2.31. The number of nitrogens with zero attached hydrogens (tertiary/aromatic N) is 2. The Morgan fingerprint density at radius 3 is 2.50 bits per heavy atom. The van der Waals surface area contributed by atoms with Gasteiger partial charge in [-0.3, -0.25) is 9.78 Å². The van der Waals surface area contributed by atoms with Gasteiger partial charge in [0.2, 0.25) is 0 Å². The quantitative estimate of drug-likeness (QED) is 0.700. The van der Waals surface area contributed by atoms with Crippen LogP contribution >= 0.6 is 0 Å². The van der Waals surface area contributed by atoms with Crippen LogP contribution in [0.15, 0.2) is 59.9 Å². The second-order valence-corrected chi connectivity index (χ2v) is 7.89. The van der Waals surface area contributed by atoms with Crippen LogP contribution in [0, 0.1) is 0 Å². The Balaban J connectivity index is 1.67. The molecule has 2 aromatic heterocycles. The summed E-state index contributed by atoms with van der Waals surface area (Å²) in [6.07, 6.45) is -2.54. The molecule has 0 saturated heterocycles. The molecular formula is C18H14F3N3O3S. The molecule has 3 rings (SSSR count). The topological polar surface area (TPSA) is 89.0 Å². The first kappa shape index (κ1) is 19.7. The molecule has 0 aliphatic carbocycles. The minimum Gasteiger partial charge on any atom is -0.351 e. The molecule has 0 bridgehead atoms. The van der Waals surface area contributed by atoms with Gasteiger partial charge in [-0.15, -0.1) is 0 Å². The highest BCUT2D eigenvalue weighted by atomic mass is 32.2. The maximum absolute atomic E-state index is 12.5. The smallest absolute Gasteiger partial charge is 0.351 e. The average molecular weight is 409 g/mol. The lowest BCUT2D eigenvalue weighted by Gasteiger charge is -2.09. The number of aromatic nitrogens is 2. The first-order valence-corrected chi connectivity index (χ1v) is 9.72. The minimum absolute atomic E-state index is 0.222. The number of carbonyl (C=O) groups excluding carboxylic acids is 1. The molecule has 28 heavy (non-hydrogen) atoms. The summed E-state index contributed by atoms with van der Waals surface area (Å²) in [7, 11) is -3.95. The Labute approximate surface area is 158 Å². The Morgan fingerprint density at radius 2 is 1.82 bits per heavy atom. The number of nitrogens with one attached hydrogen (secondary N) is 1. The van der Waals surface area contributed by atoms with Crippen molar-refractivity contribution < 1.29 is 26.4 Å². The Hall–Kier alpha value is -3.01. The standard InChI is InChI=1S/C18H14F3N3O3S/c19-18(20,21)12-6-7-16(24-11-12)28(26,27)10-9-23-17(25)14-3-1-5-15-13(14)4-2-8-22-15/h1-8,11H,9-10H2,(H,23,25). The zero-order valence-corrected chi connectivity index (χ0v) is 15.1. The molecule has 0 aliphatic rings. The molecule has 0 spiro atoms. The van der Waals surface area contributed by atoms with Crippen LogP contribution in [0.25, 0.3) is 10.9 Å². The van der Waals surface area contributed by atoms with Crippen LogP contribution in [0.4, 0.5) is 13.2 Å². The van der Waals surface area contributed by atoms with Crippen molar-refractivity contribution in [3.05, 3.63) is 66.0 Å². The van der Waals surface area contributed by atoms with Crippen molar-refractivity contribution in [2.24, 2.45) is 0 Å². The fourth-order valence-corrected chi connectivity index (χ4v) is 3.60. The van der Waals surface area contributed by atoms with Crippen molar-refractivity contribution >= 4 is 26.6 Å². The maximum atomic E-state index is 12.5. The van der Waals surface area contributed by atoms with E-state index >= 15 is 0 Å². The number of pyridine rings is 2. The van der Waals surface area contributed by atoms with E-state index in [-0.39, 0.29) is 6.54 Å². The van der Waals surface area contributed by atoms with Crippen LogP contribution in [-0.2, 0) is 16.0 Å². The van der Waals surface area contributed by atoms with Gasteiger partial charge >= 0.3 is 6.18 Å². The molecule has 0 unspecified atom stereocenters. The van der Waals surface area contributed by atoms with E-state index in [9.17, 15) is 26.4 Å². The first-order valence-electron chi connectivity index (χ1n) is 8.06. The van der Waals surface area contributed by atoms with Gasteiger partial charge < -0.3 is 5.32 Å². The van der Waals surface area contributed by atoms with Gasteiger partial charge in [-0.1, -0.05) is 12.1 Å². The summed E-state index contributed by atoms with van der Waals surface area (Å²) in [6.45, 7) is -0.222. The fraction of sp³-hybridized carbons (Fsp3) is 0.167. The molecule has 0 atom stereocenters. The molecule has 1 aromatic carbocycles. The van der Waals surface area contributed by atoms with Gasteiger partial charge in [-0.2, -0.15) is 13.2 Å². The van der Waals surface area contributed by atoms with E-state index in [1.807, 2.05) is 0 Å². The first-order chi connectivity index (χ1) is 13.2. The van der Waals surface area contributed by atoms with E-state index in [1.165, 1.54) is 0 Å². The number of sulfone groups is 1. The van der Waals surface area contributed by atoms with Crippen LogP contribution < -0.4 is 5.32 Å². The Kier molecular flexibility index (Phi) is 5.32. The third-order valence-electron chi connectivity index (χ3n) is 3.93. The highest BCUT2D eigenvalue weighted by molar-refractivity contribution is 7.91. The van der Waals surface area contributed by atoms with Gasteiger partial charge in [0, 0.05) is 29.9 Å². The zero-order valence-electron chi connectivity index (χ0n) is 14.3. The molecule has 0 radical (unpaired) electrons. The van der Waals surface area contributed by atoms with Gasteiger partial charge in [0.25, 0.3) is 5.91 Å². The number of fused-ring (bicyclic) bond motifs is 1. The number of hydrogen-bond donors (Lipinski definition) is 1. The summed E-state index contributed by atoms with van der Waals surface area (Å²) < 4.78 is 62.1. The molecule has 0 aliphatic heterocycles. The maximum Gasteiger partial charge on any atom is 0.417 e. The number of halogens is 3. The summed E-state index contributed by atoms with van der Waals surface area (Å²) in [5.41, 5.74) is -0.0725. The predicted octanol–water partition coefficient (Wildman–Crippen LogP) is 2.85. The summed E-state index contributed by atoms with van der Waals surface area (Å²) in [5, 5.41) is 2.64. The van der Waals surface area contributed by atoms with Gasteiger partial charge in [0.05, 0.1) is 16.8 Å². The summed E-state index contributed by atoms with van der Waals surface area (Å²) in [5.74, 6) is -0.977. The highest BCUT2D eigenvalue weighted by Crippen LogP contribution is 2.28. The predicted molar refractivity (Wildman–Crippen MR) is 95.4 cm³/mol. The van der Waals surface area contributed by atoms with Crippen molar-refractivity contribution in [3.63, 3.8) is 0 Å². The van der Waals surface area contributed by atoms with Crippen LogP contribution in [0.5, 0.6) is 0 Å². The van der Waals surface area contributed by atoms with Gasteiger partial charge in [0.15, 0.2) is 14.9 Å². The van der Waals surface area contributed by atoms with Gasteiger partial charge in [0.1, 0.15) is 0 Å². The van der Waals surface area contributed by atoms with Crippen LogP contribution in [0.3, 0.4) is 0 Å². The lowest BCUT2D eigenvalue weighted by molar-refractivity contribution is -0.137. The van der Waals surface area contributed by atoms with E-state index in [1.54, 1.807) is 36.5 Å². The molecule has 3 aromatic rings. The van der Waals surface area contributed by atoms with Gasteiger partial charge in [-0.05, 0) is 30.3 Å². The van der Waals surface area contributed by atoms with Crippen LogP contribution in [0.2, 0.25) is 0 Å². The Morgan fingerprint density at radius 1 is 1.04 bits per heavy atom. The molecule has 0 fully saturated rings. The number of amides is 1. The van der Waals surface area contributed by atoms with Crippen molar-refractivity contribution in [1.82, 2.24) is 15.3 Å². The van der Waals surface area contributed by atoms with E-state index < -0.39 is 38.3 Å². The average Bonchev–Trinajstić information content (AvgIpc) is 2.66. The van der Waals surface area contributed by atoms with Crippen molar-refractivity contribution in [1.29, 1.82) is 0 Å². The lowest BCUT2D eigenvalue weighted by atomic mass is 10.1. The number of hydrogen-bond acceptors (Lipinski definition) is 5. The number of carbonyl (C=O) groups is 1. The van der Waals surface area contributed by atoms with E-state index in [4.69, 9.17) is 0 Å². The molecule has 10 heteroatoms. The molecule has 1 amide bonds. The third-order valence-corrected chi connectivity index (χ3v) is 5.55. The van der Waals surface area contributed by atoms with E-state index in [0.717, 1.165) is 6.07 Å². The third kappa shape index (κ3) is 4.28. The number of rotatable bonds is 5. The van der Waals surface area contributed by atoms with Crippen molar-refractivity contribution in [2.45, 2.75) is 11.2 Å². The molecule has 2 heterocycles. The number of alkyl halides is 3. The zero-order chi connectivity index (χ0) is 20.4. The minimum atomic E-state index is -4.60. The fourth-order valence-electron chi connectivity index (χ4n) is 2.53. The van der Waals surface area contributed by atoms with E-state index in [2.05, 4.69) is 15.3 Å². The molecular weight excluding hydrogens is 395 g/mol. The SMILES string of the molecule is O=C(NCCS(=O)(=O)c1ccc(C(F)(F)F)cn1)c1cccc2ncccc12. The molecule has 146 valence electrons.